The number of aliphatic hydroxyl groups excluding tert-OH is 2. The molecule has 63 heavy (non-hydrogen) atoms. The second-order valence-electron chi connectivity index (χ2n) is 17.9. The topological polar surface area (TPSA) is 110 Å². The van der Waals surface area contributed by atoms with E-state index in [9.17, 15) is 14.6 Å². The number of allylic oxidation sites excluding steroid dienone is 1. The molecular formula is C53H63FN2O7. The third kappa shape index (κ3) is 9.74. The standard InChI is InChI=1S/C53H63FN2O7/c1-3-30-61-53-49(56(35-37-18-22-41(54)23-19-37)50(59)27-20-36-12-4-5-13-36)34-47(55-60-2)45-32-40(16-8-10-28-57)44(17-9-11-29-58)51(52(45)53)46-33-43(25-26-48(46)63-53)62-42-24-21-38-14-6-7-15-39(38)31-42/h3,6-7,14-15,18-19,21-26,31-33,36,40,44,49,51-52,57-58H,1,4-5,8-13,16-17,20,27-30,34-35H2,2H3/t40-,44+,49-,51+,52+,53+/m0/s1. The van der Waals surface area contributed by atoms with Crippen LogP contribution in [0.2, 0.25) is 0 Å². The molecule has 0 saturated heterocycles. The summed E-state index contributed by atoms with van der Waals surface area (Å²) in [5.41, 5.74) is 3.49. The molecule has 4 aromatic carbocycles. The van der Waals surface area contributed by atoms with Gasteiger partial charge in [0.25, 0.3) is 0 Å². The first kappa shape index (κ1) is 44.6. The first-order valence-corrected chi connectivity index (χ1v) is 23.2. The number of unbranched alkanes of at least 4 members (excludes halogenated alkanes) is 2. The normalized spacial score (nSPS) is 24.6. The first-order chi connectivity index (χ1) is 30.8. The van der Waals surface area contributed by atoms with Crippen LogP contribution in [0.5, 0.6) is 17.2 Å². The maximum absolute atomic E-state index is 15.0. The Bertz CT molecular complexity index is 2250. The van der Waals surface area contributed by atoms with Gasteiger partial charge in [-0.2, -0.15) is 0 Å². The van der Waals surface area contributed by atoms with E-state index in [-0.39, 0.29) is 55.8 Å². The van der Waals surface area contributed by atoms with E-state index in [4.69, 9.17) is 24.2 Å². The first-order valence-electron chi connectivity index (χ1n) is 23.2. The van der Waals surface area contributed by atoms with Gasteiger partial charge < -0.3 is 34.2 Å². The van der Waals surface area contributed by atoms with Gasteiger partial charge in [0.1, 0.15) is 36.2 Å². The highest BCUT2D eigenvalue weighted by atomic mass is 19.1. The second kappa shape index (κ2) is 20.6. The van der Waals surface area contributed by atoms with Gasteiger partial charge in [-0.25, -0.2) is 4.39 Å². The summed E-state index contributed by atoms with van der Waals surface area (Å²) in [4.78, 5) is 22.6. The average Bonchev–Trinajstić information content (AvgIpc) is 3.83. The van der Waals surface area contributed by atoms with Gasteiger partial charge >= 0.3 is 0 Å². The minimum Gasteiger partial charge on any atom is -0.459 e. The number of hydrogen-bond donors (Lipinski definition) is 2. The van der Waals surface area contributed by atoms with E-state index in [1.165, 1.54) is 25.0 Å². The van der Waals surface area contributed by atoms with E-state index in [1.54, 1.807) is 25.3 Å². The van der Waals surface area contributed by atoms with Crippen molar-refractivity contribution >= 4 is 22.4 Å². The molecule has 10 heteroatoms. The zero-order valence-electron chi connectivity index (χ0n) is 36.6. The molecule has 8 rings (SSSR count). The SMILES string of the molecule is C=CCO[C@@]12Oc3ccc(Oc4ccc5ccccc5c4)cc3[C@H]3[C@H](CCCCO)[C@@H](CCCCO)C=C(C(=NOC)C[C@@H]1N(Cc1ccc(F)cc1)C(=O)CCC1CCCC1)[C@H]32. The molecule has 1 amide bonds. The van der Waals surface area contributed by atoms with Gasteiger partial charge in [-0.05, 0) is 114 Å². The van der Waals surface area contributed by atoms with Crippen LogP contribution in [0.15, 0.2) is 114 Å². The van der Waals surface area contributed by atoms with Crippen molar-refractivity contribution in [2.75, 3.05) is 26.9 Å². The van der Waals surface area contributed by atoms with Crippen LogP contribution < -0.4 is 9.47 Å². The lowest BCUT2D eigenvalue weighted by Gasteiger charge is -2.60. The Balaban J connectivity index is 1.30. The van der Waals surface area contributed by atoms with Crippen molar-refractivity contribution in [2.45, 2.75) is 108 Å². The Hall–Kier alpha value is -5.03. The Morgan fingerprint density at radius 1 is 0.921 bits per heavy atom. The molecule has 334 valence electrons. The highest BCUT2D eigenvalue weighted by Crippen LogP contribution is 2.62. The molecule has 6 atom stereocenters. The summed E-state index contributed by atoms with van der Waals surface area (Å²) in [6.07, 6.45) is 14.9. The summed E-state index contributed by atoms with van der Waals surface area (Å²) in [5.74, 6) is 0.354. The molecule has 0 aromatic heterocycles. The van der Waals surface area contributed by atoms with Crippen molar-refractivity contribution in [1.82, 2.24) is 4.90 Å². The molecule has 2 saturated carbocycles. The number of rotatable bonds is 20. The largest absolute Gasteiger partial charge is 0.459 e. The van der Waals surface area contributed by atoms with Gasteiger partial charge in [-0.15, -0.1) is 6.58 Å². The molecule has 0 bridgehead atoms. The number of ether oxygens (including phenoxy) is 3. The van der Waals surface area contributed by atoms with Crippen LogP contribution in [-0.2, 0) is 20.9 Å². The van der Waals surface area contributed by atoms with Gasteiger partial charge in [0.05, 0.1) is 18.2 Å². The van der Waals surface area contributed by atoms with E-state index in [0.717, 1.165) is 83.9 Å². The second-order valence-corrected chi connectivity index (χ2v) is 17.9. The number of carbonyl (C=O) groups excluding carboxylic acids is 1. The van der Waals surface area contributed by atoms with Crippen molar-refractivity contribution in [1.29, 1.82) is 0 Å². The van der Waals surface area contributed by atoms with Gasteiger partial charge in [0.2, 0.25) is 11.7 Å². The monoisotopic (exact) mass is 858 g/mol. The predicted octanol–water partition coefficient (Wildman–Crippen LogP) is 11.0. The van der Waals surface area contributed by atoms with Crippen LogP contribution in [0.3, 0.4) is 0 Å². The zero-order valence-corrected chi connectivity index (χ0v) is 36.6. The number of benzene rings is 4. The van der Waals surface area contributed by atoms with Gasteiger partial charge in [0.15, 0.2) is 0 Å². The smallest absolute Gasteiger partial charge is 0.239 e. The van der Waals surface area contributed by atoms with E-state index in [1.807, 2.05) is 35.2 Å². The molecular weight excluding hydrogens is 796 g/mol. The molecule has 0 radical (unpaired) electrons. The van der Waals surface area contributed by atoms with Crippen molar-refractivity contribution in [3.05, 3.63) is 126 Å². The predicted molar refractivity (Wildman–Crippen MR) is 244 cm³/mol. The molecule has 1 heterocycles. The van der Waals surface area contributed by atoms with Crippen LogP contribution in [-0.4, -0.2) is 65.5 Å². The summed E-state index contributed by atoms with van der Waals surface area (Å²) in [5, 5.41) is 26.9. The fourth-order valence-corrected chi connectivity index (χ4v) is 11.1. The Kier molecular flexibility index (Phi) is 14.6. The molecule has 3 aliphatic carbocycles. The van der Waals surface area contributed by atoms with Gasteiger partial charge in [-0.1, -0.05) is 98.3 Å². The van der Waals surface area contributed by atoms with Crippen LogP contribution in [0.1, 0.15) is 101 Å². The number of nitrogens with zero attached hydrogens (tertiary/aromatic N) is 2. The number of fused-ring (bicyclic) bond motifs is 3. The molecule has 0 unspecified atom stereocenters. The quantitative estimate of drug-likeness (QED) is 0.0517. The minimum atomic E-state index is -1.39. The van der Waals surface area contributed by atoms with Crippen molar-refractivity contribution in [3.8, 4) is 17.2 Å². The van der Waals surface area contributed by atoms with Crippen molar-refractivity contribution in [2.24, 2.45) is 28.8 Å². The highest BCUT2D eigenvalue weighted by Gasteiger charge is 2.65. The number of hydrogen-bond acceptors (Lipinski definition) is 8. The Labute approximate surface area is 371 Å². The Morgan fingerprint density at radius 3 is 2.40 bits per heavy atom. The van der Waals surface area contributed by atoms with E-state index >= 15 is 4.79 Å². The molecule has 2 fully saturated rings. The van der Waals surface area contributed by atoms with Crippen molar-refractivity contribution < 1.29 is 38.4 Å². The van der Waals surface area contributed by atoms with Crippen LogP contribution in [0.25, 0.3) is 10.8 Å². The van der Waals surface area contributed by atoms with E-state index in [0.29, 0.717) is 43.1 Å². The maximum atomic E-state index is 15.0. The summed E-state index contributed by atoms with van der Waals surface area (Å²) in [6, 6.07) is 26.0. The number of aliphatic hydroxyl groups is 2. The third-order valence-electron chi connectivity index (χ3n) is 14.0. The summed E-state index contributed by atoms with van der Waals surface area (Å²) in [6.45, 7) is 4.67. The fourth-order valence-electron chi connectivity index (χ4n) is 11.1. The summed E-state index contributed by atoms with van der Waals surface area (Å²) in [7, 11) is 1.56. The van der Waals surface area contributed by atoms with Crippen LogP contribution in [0.4, 0.5) is 4.39 Å². The number of amides is 1. The zero-order chi connectivity index (χ0) is 43.8. The maximum Gasteiger partial charge on any atom is 0.239 e. The fraction of sp³-hybridized carbons (Fsp3) is 0.472. The molecule has 1 aliphatic heterocycles. The number of oxime groups is 1. The Morgan fingerprint density at radius 2 is 1.65 bits per heavy atom. The van der Waals surface area contributed by atoms with Crippen LogP contribution >= 0.6 is 0 Å². The summed E-state index contributed by atoms with van der Waals surface area (Å²) >= 11 is 0. The third-order valence-corrected chi connectivity index (χ3v) is 14.0. The lowest BCUT2D eigenvalue weighted by atomic mass is 9.55. The number of carbonyl (C=O) groups is 1. The minimum absolute atomic E-state index is 0.00994. The number of halogens is 1. The summed E-state index contributed by atoms with van der Waals surface area (Å²) < 4.78 is 35.6. The molecule has 4 aliphatic rings. The molecule has 4 aromatic rings. The lowest BCUT2D eigenvalue weighted by molar-refractivity contribution is -0.258. The molecule has 9 nitrogen and oxygen atoms in total. The lowest BCUT2D eigenvalue weighted by Crippen LogP contribution is -2.70. The highest BCUT2D eigenvalue weighted by molar-refractivity contribution is 6.03. The molecule has 0 spiro atoms. The van der Waals surface area contributed by atoms with Crippen molar-refractivity contribution in [3.63, 3.8) is 0 Å². The average molecular weight is 859 g/mol. The molecule has 2 N–H and O–H groups in total. The van der Waals surface area contributed by atoms with E-state index < -0.39 is 17.7 Å². The van der Waals surface area contributed by atoms with Gasteiger partial charge in [0, 0.05) is 44.1 Å². The van der Waals surface area contributed by atoms with Crippen LogP contribution in [0, 0.1) is 29.5 Å². The van der Waals surface area contributed by atoms with Gasteiger partial charge in [-0.3, -0.25) is 4.79 Å². The van der Waals surface area contributed by atoms with E-state index in [2.05, 4.69) is 43.0 Å².